The Morgan fingerprint density at radius 1 is 1.03 bits per heavy atom. The van der Waals surface area contributed by atoms with E-state index in [-0.39, 0.29) is 30.1 Å². The number of amides is 1. The van der Waals surface area contributed by atoms with Crippen LogP contribution in [0.4, 0.5) is 10.1 Å². The predicted octanol–water partition coefficient (Wildman–Crippen LogP) is 4.78. The number of carbonyl (C=O) groups is 2. The zero-order valence-electron chi connectivity index (χ0n) is 18.5. The molecule has 0 fully saturated rings. The lowest BCUT2D eigenvalue weighted by Crippen LogP contribution is -2.22. The maximum absolute atomic E-state index is 13.4. The van der Waals surface area contributed by atoms with Gasteiger partial charge in [-0.05, 0) is 62.4 Å². The molecule has 0 aliphatic carbocycles. The second kappa shape index (κ2) is 9.20. The summed E-state index contributed by atoms with van der Waals surface area (Å²) >= 11 is 0. The second-order valence-electron chi connectivity index (χ2n) is 7.78. The number of benzene rings is 2. The lowest BCUT2D eigenvalue weighted by molar-refractivity contribution is -0.116. The standard InChI is InChI=1S/C25H24FN3O4/c1-16(2)33-25(31)23-14-22-21(11-12-28(22)19-9-7-17(26)8-10-19)29(23)15-24(30)27-18-5-4-6-20(13-18)32-3/h4-14,16H,15H2,1-3H3,(H,27,30). The summed E-state index contributed by atoms with van der Waals surface area (Å²) < 4.78 is 27.4. The van der Waals surface area contributed by atoms with Gasteiger partial charge >= 0.3 is 5.97 Å². The minimum atomic E-state index is -0.527. The fourth-order valence-corrected chi connectivity index (χ4v) is 3.63. The van der Waals surface area contributed by atoms with Crippen LogP contribution in [0, 0.1) is 5.82 Å². The number of nitrogens with zero attached hydrogens (tertiary/aromatic N) is 2. The molecule has 4 aromatic rings. The number of hydrogen-bond donors (Lipinski definition) is 1. The van der Waals surface area contributed by atoms with Gasteiger partial charge in [-0.25, -0.2) is 9.18 Å². The molecule has 0 unspecified atom stereocenters. The molecule has 0 radical (unpaired) electrons. The van der Waals surface area contributed by atoms with Crippen molar-refractivity contribution in [1.82, 2.24) is 9.13 Å². The van der Waals surface area contributed by atoms with Gasteiger partial charge in [0.1, 0.15) is 23.8 Å². The highest BCUT2D eigenvalue weighted by molar-refractivity contribution is 5.98. The Bertz CT molecular complexity index is 1310. The van der Waals surface area contributed by atoms with Gasteiger partial charge in [-0.3, -0.25) is 4.79 Å². The molecule has 1 N–H and O–H groups in total. The molecule has 8 heteroatoms. The van der Waals surface area contributed by atoms with Crippen LogP contribution in [0.15, 0.2) is 66.9 Å². The van der Waals surface area contributed by atoms with E-state index in [1.165, 1.54) is 12.1 Å². The molecule has 2 aromatic carbocycles. The minimum Gasteiger partial charge on any atom is -0.497 e. The first-order valence-electron chi connectivity index (χ1n) is 10.5. The number of fused-ring (bicyclic) bond motifs is 1. The van der Waals surface area contributed by atoms with Crippen LogP contribution in [0.2, 0.25) is 0 Å². The number of ether oxygens (including phenoxy) is 2. The molecule has 0 saturated heterocycles. The van der Waals surface area contributed by atoms with Crippen molar-refractivity contribution < 1.29 is 23.5 Å². The van der Waals surface area contributed by atoms with Gasteiger partial charge in [-0.15, -0.1) is 0 Å². The third kappa shape index (κ3) is 4.74. The Kier molecular flexibility index (Phi) is 6.17. The molecule has 0 spiro atoms. The zero-order chi connectivity index (χ0) is 23.5. The monoisotopic (exact) mass is 449 g/mol. The van der Waals surface area contributed by atoms with Crippen molar-refractivity contribution in [3.63, 3.8) is 0 Å². The molecule has 0 aliphatic heterocycles. The average molecular weight is 449 g/mol. The van der Waals surface area contributed by atoms with Crippen molar-refractivity contribution in [2.75, 3.05) is 12.4 Å². The van der Waals surface area contributed by atoms with E-state index in [2.05, 4.69) is 5.32 Å². The fourth-order valence-electron chi connectivity index (χ4n) is 3.63. The molecule has 4 rings (SSSR count). The van der Waals surface area contributed by atoms with E-state index >= 15 is 0 Å². The Balaban J connectivity index is 1.70. The number of rotatable bonds is 7. The van der Waals surface area contributed by atoms with Crippen LogP contribution >= 0.6 is 0 Å². The van der Waals surface area contributed by atoms with Gasteiger partial charge in [0.25, 0.3) is 0 Å². The first-order chi connectivity index (χ1) is 15.9. The quantitative estimate of drug-likeness (QED) is 0.412. The normalized spacial score (nSPS) is 11.1. The second-order valence-corrected chi connectivity index (χ2v) is 7.78. The third-order valence-corrected chi connectivity index (χ3v) is 5.07. The van der Waals surface area contributed by atoms with E-state index in [9.17, 15) is 14.0 Å². The molecule has 1 amide bonds. The predicted molar refractivity (Wildman–Crippen MR) is 123 cm³/mol. The molecule has 0 atom stereocenters. The van der Waals surface area contributed by atoms with E-state index in [1.54, 1.807) is 68.0 Å². The van der Waals surface area contributed by atoms with Crippen LogP contribution in [0.5, 0.6) is 5.75 Å². The Morgan fingerprint density at radius 3 is 2.48 bits per heavy atom. The van der Waals surface area contributed by atoms with Gasteiger partial charge in [0.05, 0.1) is 24.2 Å². The molecule has 0 saturated carbocycles. The number of esters is 1. The number of methoxy groups -OCH3 is 1. The first kappa shape index (κ1) is 22.1. The summed E-state index contributed by atoms with van der Waals surface area (Å²) in [5, 5.41) is 2.83. The fraction of sp³-hybridized carbons (Fsp3) is 0.200. The van der Waals surface area contributed by atoms with E-state index in [0.717, 1.165) is 5.69 Å². The Morgan fingerprint density at radius 2 is 1.79 bits per heavy atom. The summed E-state index contributed by atoms with van der Waals surface area (Å²) in [7, 11) is 1.55. The number of carbonyl (C=O) groups excluding carboxylic acids is 2. The van der Waals surface area contributed by atoms with Crippen LogP contribution in [0.1, 0.15) is 24.3 Å². The van der Waals surface area contributed by atoms with Gasteiger partial charge in [0.2, 0.25) is 5.91 Å². The number of halogens is 1. The summed E-state index contributed by atoms with van der Waals surface area (Å²) in [5.74, 6) is -0.557. The third-order valence-electron chi connectivity index (χ3n) is 5.07. The van der Waals surface area contributed by atoms with Crippen molar-refractivity contribution in [2.45, 2.75) is 26.5 Å². The molecule has 0 aliphatic rings. The number of aromatic nitrogens is 2. The van der Waals surface area contributed by atoms with Crippen molar-refractivity contribution in [3.8, 4) is 11.4 Å². The summed E-state index contributed by atoms with van der Waals surface area (Å²) in [6.45, 7) is 3.43. The lowest BCUT2D eigenvalue weighted by atomic mass is 10.3. The molecule has 2 aromatic heterocycles. The van der Waals surface area contributed by atoms with Gasteiger partial charge in [0, 0.05) is 23.6 Å². The molecular formula is C25H24FN3O4. The molecule has 33 heavy (non-hydrogen) atoms. The van der Waals surface area contributed by atoms with E-state index in [4.69, 9.17) is 9.47 Å². The number of hydrogen-bond acceptors (Lipinski definition) is 4. The van der Waals surface area contributed by atoms with E-state index < -0.39 is 5.97 Å². The largest absolute Gasteiger partial charge is 0.497 e. The highest BCUT2D eigenvalue weighted by atomic mass is 19.1. The van der Waals surface area contributed by atoms with E-state index in [1.807, 2.05) is 16.8 Å². The summed E-state index contributed by atoms with van der Waals surface area (Å²) in [6, 6.07) is 16.5. The highest BCUT2D eigenvalue weighted by Gasteiger charge is 2.22. The molecule has 170 valence electrons. The summed E-state index contributed by atoms with van der Waals surface area (Å²) in [5.41, 5.74) is 2.94. The van der Waals surface area contributed by atoms with Crippen LogP contribution in [0.25, 0.3) is 16.7 Å². The Labute approximate surface area is 190 Å². The van der Waals surface area contributed by atoms with Gasteiger partial charge in [-0.2, -0.15) is 0 Å². The molecule has 2 heterocycles. The average Bonchev–Trinajstić information content (AvgIpc) is 3.34. The van der Waals surface area contributed by atoms with Crippen LogP contribution in [0.3, 0.4) is 0 Å². The minimum absolute atomic E-state index is 0.101. The smallest absolute Gasteiger partial charge is 0.355 e. The van der Waals surface area contributed by atoms with E-state index in [0.29, 0.717) is 22.5 Å². The van der Waals surface area contributed by atoms with Crippen LogP contribution < -0.4 is 10.1 Å². The Hall–Kier alpha value is -4.07. The number of anilines is 1. The highest BCUT2D eigenvalue weighted by Crippen LogP contribution is 2.26. The zero-order valence-corrected chi connectivity index (χ0v) is 18.5. The molecular weight excluding hydrogens is 425 g/mol. The summed E-state index contributed by atoms with van der Waals surface area (Å²) in [4.78, 5) is 25.7. The molecule has 0 bridgehead atoms. The van der Waals surface area contributed by atoms with Crippen molar-refractivity contribution in [3.05, 3.63) is 78.4 Å². The SMILES string of the molecule is COc1cccc(NC(=O)Cn2c(C(=O)OC(C)C)cc3c2ccn3-c2ccc(F)cc2)c1. The lowest BCUT2D eigenvalue weighted by Gasteiger charge is -2.12. The molecule has 7 nitrogen and oxygen atoms in total. The van der Waals surface area contributed by atoms with Gasteiger partial charge < -0.3 is 23.9 Å². The van der Waals surface area contributed by atoms with Crippen molar-refractivity contribution in [2.24, 2.45) is 0 Å². The van der Waals surface area contributed by atoms with Crippen molar-refractivity contribution in [1.29, 1.82) is 0 Å². The van der Waals surface area contributed by atoms with Gasteiger partial charge in [-0.1, -0.05) is 6.07 Å². The van der Waals surface area contributed by atoms with Crippen molar-refractivity contribution >= 4 is 28.6 Å². The maximum Gasteiger partial charge on any atom is 0.355 e. The van der Waals surface area contributed by atoms with Gasteiger partial charge in [0.15, 0.2) is 0 Å². The maximum atomic E-state index is 13.4. The van der Waals surface area contributed by atoms with Crippen LogP contribution in [-0.4, -0.2) is 34.2 Å². The van der Waals surface area contributed by atoms with Crippen LogP contribution in [-0.2, 0) is 16.1 Å². The summed E-state index contributed by atoms with van der Waals surface area (Å²) in [6.07, 6.45) is 1.50. The first-order valence-corrected chi connectivity index (χ1v) is 10.5. The number of nitrogens with one attached hydrogen (secondary N) is 1. The topological polar surface area (TPSA) is 74.5 Å².